The number of carboxylic acids is 2. The summed E-state index contributed by atoms with van der Waals surface area (Å²) in [6, 6.07) is 0. The van der Waals surface area contributed by atoms with Crippen molar-refractivity contribution in [2.75, 3.05) is 13.1 Å². The summed E-state index contributed by atoms with van der Waals surface area (Å²) in [5.74, 6) is -2.86. The van der Waals surface area contributed by atoms with Crippen LogP contribution in [-0.4, -0.2) is 55.3 Å². The first-order valence-electron chi connectivity index (χ1n) is 9.43. The molecule has 2 fully saturated rings. The monoisotopic (exact) mass is 488 g/mol. The largest absolute Gasteiger partial charge is 0.550 e. The summed E-state index contributed by atoms with van der Waals surface area (Å²) in [5, 5.41) is 20.9. The Hall–Kier alpha value is -1.50. The van der Waals surface area contributed by atoms with Crippen LogP contribution in [0.4, 0.5) is 0 Å². The first-order chi connectivity index (χ1) is 14.2. The van der Waals surface area contributed by atoms with E-state index in [1.807, 2.05) is 0 Å². The van der Waals surface area contributed by atoms with Gasteiger partial charge in [0.1, 0.15) is 8.64 Å². The van der Waals surface area contributed by atoms with Gasteiger partial charge in [0.05, 0.1) is 9.81 Å². The summed E-state index contributed by atoms with van der Waals surface area (Å²) in [4.78, 5) is 49.8. The molecule has 0 N–H and O–H groups in total. The van der Waals surface area contributed by atoms with Crippen LogP contribution in [0.1, 0.15) is 51.4 Å². The van der Waals surface area contributed by atoms with Gasteiger partial charge in [0.2, 0.25) is 0 Å². The highest BCUT2D eigenvalue weighted by Gasteiger charge is 2.41. The maximum absolute atomic E-state index is 12.8. The molecule has 2 aliphatic rings. The summed E-state index contributed by atoms with van der Waals surface area (Å²) >= 11 is 12.7. The zero-order valence-corrected chi connectivity index (χ0v) is 19.3. The van der Waals surface area contributed by atoms with Gasteiger partial charge >= 0.3 is 0 Å². The fraction of sp³-hybridized carbons (Fsp3) is 0.556. The normalized spacial score (nSPS) is 19.3. The van der Waals surface area contributed by atoms with Crippen molar-refractivity contribution in [3.05, 3.63) is 9.81 Å². The molecule has 30 heavy (non-hydrogen) atoms. The van der Waals surface area contributed by atoms with Gasteiger partial charge in [-0.25, -0.2) is 0 Å². The van der Waals surface area contributed by atoms with E-state index >= 15 is 0 Å². The van der Waals surface area contributed by atoms with Gasteiger partial charge in [0.15, 0.2) is 0 Å². The molecule has 0 spiro atoms. The maximum atomic E-state index is 12.8. The number of carbonyl (C=O) groups is 4. The molecule has 0 aliphatic carbocycles. The highest BCUT2D eigenvalue weighted by Crippen LogP contribution is 2.42. The lowest BCUT2D eigenvalue weighted by Gasteiger charge is -2.14. The van der Waals surface area contributed by atoms with E-state index in [2.05, 4.69) is 0 Å². The number of nitrogens with zero attached hydrogens (tertiary/aromatic N) is 2. The highest BCUT2D eigenvalue weighted by atomic mass is 32.2. The molecule has 2 amide bonds. The number of carboxylic acid groups (broad SMARTS) is 2. The standard InChI is InChI=1S/C18H22N2O6S4/c21-11(22)7-3-1-5-9-19-15(25)13(29-17(19)27)14-16(26)20(18(28)30-14)10-6-2-4-8-12(23)24/h1-10H2,(H,21,22)(H,23,24)/p-2/b14-13+. The minimum atomic E-state index is -1.10. The third-order valence-electron chi connectivity index (χ3n) is 4.43. The van der Waals surface area contributed by atoms with Gasteiger partial charge in [-0.1, -0.05) is 60.8 Å². The molecule has 0 saturated carbocycles. The van der Waals surface area contributed by atoms with Crippen LogP contribution in [0.15, 0.2) is 9.81 Å². The molecule has 164 valence electrons. The Morgan fingerprint density at radius 3 is 1.40 bits per heavy atom. The average Bonchev–Trinajstić information content (AvgIpc) is 3.10. The molecule has 0 radical (unpaired) electrons. The number of thioether (sulfide) groups is 2. The lowest BCUT2D eigenvalue weighted by molar-refractivity contribution is -0.307. The van der Waals surface area contributed by atoms with E-state index in [9.17, 15) is 29.4 Å². The van der Waals surface area contributed by atoms with Gasteiger partial charge in [-0.2, -0.15) is 0 Å². The van der Waals surface area contributed by atoms with Crippen molar-refractivity contribution in [1.29, 1.82) is 0 Å². The van der Waals surface area contributed by atoms with Gasteiger partial charge in [0.25, 0.3) is 11.8 Å². The average molecular weight is 489 g/mol. The molecule has 0 bridgehead atoms. The Bertz CT molecular complexity index is 734. The van der Waals surface area contributed by atoms with E-state index in [-0.39, 0.29) is 34.5 Å². The van der Waals surface area contributed by atoms with Crippen molar-refractivity contribution >= 4 is 80.4 Å². The molecular weight excluding hydrogens is 468 g/mol. The number of hydrogen-bond donors (Lipinski definition) is 0. The Morgan fingerprint density at radius 1 is 0.700 bits per heavy atom. The summed E-state index contributed by atoms with van der Waals surface area (Å²) in [7, 11) is 0. The Balaban J connectivity index is 1.92. The van der Waals surface area contributed by atoms with Crippen LogP contribution in [0.5, 0.6) is 0 Å². The summed E-state index contributed by atoms with van der Waals surface area (Å²) in [6.45, 7) is 0.722. The van der Waals surface area contributed by atoms with Crippen LogP contribution >= 0.6 is 48.0 Å². The lowest BCUT2D eigenvalue weighted by atomic mass is 10.2. The number of hydrogen-bond acceptors (Lipinski definition) is 10. The topological polar surface area (TPSA) is 121 Å². The van der Waals surface area contributed by atoms with Crippen LogP contribution in [0.3, 0.4) is 0 Å². The van der Waals surface area contributed by atoms with Crippen LogP contribution in [-0.2, 0) is 19.2 Å². The van der Waals surface area contributed by atoms with E-state index in [0.29, 0.717) is 60.3 Å². The van der Waals surface area contributed by atoms with Crippen LogP contribution < -0.4 is 10.2 Å². The lowest BCUT2D eigenvalue weighted by Crippen LogP contribution is -2.31. The Morgan fingerprint density at radius 2 is 1.07 bits per heavy atom. The third kappa shape index (κ3) is 6.76. The van der Waals surface area contributed by atoms with Gasteiger partial charge in [0, 0.05) is 25.0 Å². The van der Waals surface area contributed by atoms with Crippen molar-refractivity contribution in [1.82, 2.24) is 9.80 Å². The van der Waals surface area contributed by atoms with E-state index in [4.69, 9.17) is 24.4 Å². The Kier molecular flexibility index (Phi) is 9.72. The summed E-state index contributed by atoms with van der Waals surface area (Å²) in [6.07, 6.45) is 3.35. The Labute approximate surface area is 193 Å². The smallest absolute Gasteiger partial charge is 0.267 e. The van der Waals surface area contributed by atoms with E-state index in [1.165, 1.54) is 9.80 Å². The molecule has 0 atom stereocenters. The molecular formula is C18H20N2O6S4-2. The highest BCUT2D eigenvalue weighted by molar-refractivity contribution is 8.29. The zero-order valence-electron chi connectivity index (χ0n) is 16.0. The molecule has 2 saturated heterocycles. The summed E-state index contributed by atoms with van der Waals surface area (Å²) < 4.78 is 0.727. The van der Waals surface area contributed by atoms with E-state index in [1.54, 1.807) is 0 Å². The van der Waals surface area contributed by atoms with Crippen LogP contribution in [0, 0.1) is 0 Å². The fourth-order valence-corrected chi connectivity index (χ4v) is 5.66. The molecule has 0 aromatic rings. The molecule has 8 nitrogen and oxygen atoms in total. The first-order valence-corrected chi connectivity index (χ1v) is 11.9. The number of rotatable bonds is 12. The van der Waals surface area contributed by atoms with Gasteiger partial charge in [-0.3, -0.25) is 19.4 Å². The predicted octanol–water partition coefficient (Wildman–Crippen LogP) is 0.539. The SMILES string of the molecule is O=C([O-])CCCCCN1C(=O)/C(=C2\SC(=S)N(CCCCCC(=O)[O-])C2=O)SC1=S. The number of amides is 2. The second kappa shape index (κ2) is 11.8. The van der Waals surface area contributed by atoms with E-state index < -0.39 is 11.9 Å². The minimum Gasteiger partial charge on any atom is -0.550 e. The number of aliphatic carboxylic acids is 2. The second-order valence-electron chi connectivity index (χ2n) is 6.67. The molecule has 0 unspecified atom stereocenters. The maximum Gasteiger partial charge on any atom is 0.267 e. The van der Waals surface area contributed by atoms with Crippen molar-refractivity contribution in [2.24, 2.45) is 0 Å². The van der Waals surface area contributed by atoms with Crippen LogP contribution in [0.2, 0.25) is 0 Å². The molecule has 0 aromatic heterocycles. The van der Waals surface area contributed by atoms with Gasteiger partial charge < -0.3 is 19.8 Å². The van der Waals surface area contributed by atoms with Crippen molar-refractivity contribution in [3.8, 4) is 0 Å². The minimum absolute atomic E-state index is 0.0198. The van der Waals surface area contributed by atoms with Crippen molar-refractivity contribution < 1.29 is 29.4 Å². The van der Waals surface area contributed by atoms with Crippen molar-refractivity contribution in [2.45, 2.75) is 51.4 Å². The summed E-state index contributed by atoms with van der Waals surface area (Å²) in [5.41, 5.74) is 0. The molecule has 2 aliphatic heterocycles. The zero-order chi connectivity index (χ0) is 22.3. The third-order valence-corrected chi connectivity index (χ3v) is 7.46. The quantitative estimate of drug-likeness (QED) is 0.219. The fourth-order valence-electron chi connectivity index (χ4n) is 2.89. The molecule has 2 rings (SSSR count). The second-order valence-corrected chi connectivity index (χ2v) is 9.96. The molecule has 2 heterocycles. The number of thiocarbonyl (C=S) groups is 2. The number of carbonyl (C=O) groups excluding carboxylic acids is 4. The van der Waals surface area contributed by atoms with Crippen LogP contribution in [0.25, 0.3) is 0 Å². The van der Waals surface area contributed by atoms with Crippen molar-refractivity contribution in [3.63, 3.8) is 0 Å². The van der Waals surface area contributed by atoms with Gasteiger partial charge in [-0.05, 0) is 38.5 Å². The molecule has 12 heteroatoms. The van der Waals surface area contributed by atoms with Gasteiger partial charge in [-0.15, -0.1) is 0 Å². The number of unbranched alkanes of at least 4 members (excludes halogenated alkanes) is 4. The first kappa shape index (κ1) is 24.8. The molecule has 0 aromatic carbocycles. The predicted molar refractivity (Wildman–Crippen MR) is 118 cm³/mol. The van der Waals surface area contributed by atoms with E-state index in [0.717, 1.165) is 23.5 Å².